The van der Waals surface area contributed by atoms with E-state index in [0.717, 1.165) is 33.4 Å². The number of aromatic amines is 1. The van der Waals surface area contributed by atoms with Gasteiger partial charge in [-0.25, -0.2) is 9.59 Å². The van der Waals surface area contributed by atoms with Crippen LogP contribution in [0.15, 0.2) is 82.4 Å². The number of carbonyl (C=O) groups is 2. The molecule has 0 fully saturated rings. The van der Waals surface area contributed by atoms with Gasteiger partial charge in [0.25, 0.3) is 11.3 Å². The number of carboxylic acids is 1. The summed E-state index contributed by atoms with van der Waals surface area (Å²) in [4.78, 5) is 50.0. The van der Waals surface area contributed by atoms with Crippen molar-refractivity contribution in [2.75, 3.05) is 0 Å². The van der Waals surface area contributed by atoms with Crippen molar-refractivity contribution >= 4 is 17.5 Å². The number of aromatic nitrogens is 2. The van der Waals surface area contributed by atoms with Crippen LogP contribution in [0.5, 0.6) is 0 Å². The molecule has 0 saturated carbocycles. The van der Waals surface area contributed by atoms with Gasteiger partial charge in [0.2, 0.25) is 0 Å². The van der Waals surface area contributed by atoms with Crippen LogP contribution in [-0.2, 0) is 46.9 Å². The molecule has 3 N–H and O–H groups in total. The van der Waals surface area contributed by atoms with Gasteiger partial charge in [0.15, 0.2) is 0 Å². The molecule has 0 aliphatic heterocycles. The van der Waals surface area contributed by atoms with Gasteiger partial charge in [-0.1, -0.05) is 78.7 Å². The fourth-order valence-electron chi connectivity index (χ4n) is 5.08. The number of ketones is 1. The standard InChI is InChI=1S/C34H34N2O7/c1-4-28-29(17-26-13-21(2)12-22(3)14-26)36(34(42)35-32(28)39)20-43-19-24-10-8-23(9-11-24)15-25-6-5-7-27(16-25)30(37)18-31(38)33(40)41/h5-14,16,18,37H,4,15,17,19-20H2,1-3H3,(H,40,41)(H,35,39,42)/b30-18-. The molecular weight excluding hydrogens is 548 g/mol. The number of aliphatic hydroxyl groups excluding tert-OH is 1. The number of aliphatic carboxylic acids is 1. The van der Waals surface area contributed by atoms with E-state index < -0.39 is 23.2 Å². The van der Waals surface area contributed by atoms with Crippen LogP contribution in [0.2, 0.25) is 0 Å². The maximum absolute atomic E-state index is 12.8. The first-order valence-electron chi connectivity index (χ1n) is 13.9. The van der Waals surface area contributed by atoms with Crippen LogP contribution in [0.25, 0.3) is 5.76 Å². The highest BCUT2D eigenvalue weighted by Crippen LogP contribution is 2.18. The zero-order valence-electron chi connectivity index (χ0n) is 24.3. The quantitative estimate of drug-likeness (QED) is 0.126. The smallest absolute Gasteiger partial charge is 0.376 e. The molecule has 9 heteroatoms. The summed E-state index contributed by atoms with van der Waals surface area (Å²) < 4.78 is 7.43. The van der Waals surface area contributed by atoms with Gasteiger partial charge in [-0.3, -0.25) is 19.1 Å². The van der Waals surface area contributed by atoms with E-state index in [0.29, 0.717) is 42.2 Å². The molecule has 0 atom stereocenters. The van der Waals surface area contributed by atoms with Gasteiger partial charge >= 0.3 is 11.7 Å². The second-order valence-corrected chi connectivity index (χ2v) is 10.5. The van der Waals surface area contributed by atoms with E-state index in [-0.39, 0.29) is 18.9 Å². The second-order valence-electron chi connectivity index (χ2n) is 10.5. The first kappa shape index (κ1) is 30.9. The molecule has 0 spiro atoms. The lowest BCUT2D eigenvalue weighted by atomic mass is 10.0. The molecular formula is C34H34N2O7. The first-order valence-corrected chi connectivity index (χ1v) is 13.9. The maximum Gasteiger partial charge on any atom is 0.376 e. The third kappa shape index (κ3) is 8.05. The lowest BCUT2D eigenvalue weighted by Crippen LogP contribution is -2.36. The molecule has 9 nitrogen and oxygen atoms in total. The van der Waals surface area contributed by atoms with E-state index in [1.54, 1.807) is 18.2 Å². The summed E-state index contributed by atoms with van der Waals surface area (Å²) in [6, 6.07) is 20.8. The van der Waals surface area contributed by atoms with Crippen molar-refractivity contribution < 1.29 is 24.5 Å². The number of benzene rings is 3. The predicted molar refractivity (Wildman–Crippen MR) is 163 cm³/mol. The van der Waals surface area contributed by atoms with Crippen molar-refractivity contribution in [3.63, 3.8) is 0 Å². The Morgan fingerprint density at radius 2 is 1.53 bits per heavy atom. The van der Waals surface area contributed by atoms with Crippen LogP contribution in [0.4, 0.5) is 0 Å². The van der Waals surface area contributed by atoms with E-state index in [1.165, 1.54) is 4.57 Å². The number of carboxylic acid groups (broad SMARTS) is 1. The Kier molecular flexibility index (Phi) is 9.90. The summed E-state index contributed by atoms with van der Waals surface area (Å²) in [5, 5.41) is 18.9. The molecule has 1 heterocycles. The Hall–Kier alpha value is -5.02. The Labute approximate surface area is 248 Å². The van der Waals surface area contributed by atoms with Crippen LogP contribution >= 0.6 is 0 Å². The van der Waals surface area contributed by atoms with Gasteiger partial charge in [-0.15, -0.1) is 0 Å². The number of carbonyl (C=O) groups excluding carboxylic acids is 1. The summed E-state index contributed by atoms with van der Waals surface area (Å²) in [6.07, 6.45) is 2.15. The van der Waals surface area contributed by atoms with Crippen molar-refractivity contribution in [1.82, 2.24) is 9.55 Å². The zero-order chi connectivity index (χ0) is 31.1. The normalized spacial score (nSPS) is 11.5. The zero-order valence-corrected chi connectivity index (χ0v) is 24.3. The minimum Gasteiger partial charge on any atom is -0.507 e. The minimum atomic E-state index is -1.64. The Morgan fingerprint density at radius 1 is 0.860 bits per heavy atom. The molecule has 4 aromatic rings. The monoisotopic (exact) mass is 582 g/mol. The van der Waals surface area contributed by atoms with Gasteiger partial charge in [0.05, 0.1) is 6.61 Å². The number of H-pyrrole nitrogens is 1. The molecule has 0 aliphatic carbocycles. The Balaban J connectivity index is 1.44. The molecule has 0 radical (unpaired) electrons. The lowest BCUT2D eigenvalue weighted by Gasteiger charge is -2.17. The highest BCUT2D eigenvalue weighted by Gasteiger charge is 2.15. The fourth-order valence-corrected chi connectivity index (χ4v) is 5.08. The largest absolute Gasteiger partial charge is 0.507 e. The van der Waals surface area contributed by atoms with E-state index in [9.17, 15) is 24.3 Å². The highest BCUT2D eigenvalue weighted by atomic mass is 16.5. The minimum absolute atomic E-state index is 0.0152. The molecule has 0 saturated heterocycles. The summed E-state index contributed by atoms with van der Waals surface area (Å²) in [6.45, 7) is 6.16. The van der Waals surface area contributed by atoms with Crippen LogP contribution in [-0.4, -0.2) is 31.5 Å². The number of aryl methyl sites for hydroxylation is 2. The van der Waals surface area contributed by atoms with E-state index in [1.807, 2.05) is 51.1 Å². The topological polar surface area (TPSA) is 139 Å². The fraction of sp³-hybridized carbons (Fsp3) is 0.235. The molecule has 0 bridgehead atoms. The molecule has 1 aromatic heterocycles. The number of hydrogen-bond donors (Lipinski definition) is 3. The van der Waals surface area contributed by atoms with Crippen molar-refractivity contribution in [3.05, 3.63) is 144 Å². The van der Waals surface area contributed by atoms with Crippen LogP contribution in [0, 0.1) is 13.8 Å². The summed E-state index contributed by atoms with van der Waals surface area (Å²) >= 11 is 0. The number of rotatable bonds is 12. The van der Waals surface area contributed by atoms with Gasteiger partial charge in [0, 0.05) is 29.3 Å². The van der Waals surface area contributed by atoms with Crippen LogP contribution in [0.3, 0.4) is 0 Å². The van der Waals surface area contributed by atoms with Crippen molar-refractivity contribution in [2.45, 2.75) is 53.4 Å². The van der Waals surface area contributed by atoms with Gasteiger partial charge in [-0.2, -0.15) is 0 Å². The molecule has 0 amide bonds. The number of ether oxygens (including phenoxy) is 1. The van der Waals surface area contributed by atoms with Gasteiger partial charge in [0.1, 0.15) is 12.5 Å². The SMILES string of the molecule is CCc1c(Cc2cc(C)cc(C)c2)n(COCc2ccc(Cc3cccc(/C(O)=C/C(=O)C(=O)O)c3)cc2)c(=O)[nH]c1=O. The number of aliphatic hydroxyl groups is 1. The Bertz CT molecular complexity index is 1780. The maximum atomic E-state index is 12.8. The highest BCUT2D eigenvalue weighted by molar-refractivity contribution is 6.38. The van der Waals surface area contributed by atoms with Crippen LogP contribution < -0.4 is 11.2 Å². The van der Waals surface area contributed by atoms with Crippen molar-refractivity contribution in [3.8, 4) is 0 Å². The molecule has 4 rings (SSSR count). The van der Waals surface area contributed by atoms with E-state index >= 15 is 0 Å². The molecule has 43 heavy (non-hydrogen) atoms. The molecule has 0 unspecified atom stereocenters. The van der Waals surface area contributed by atoms with E-state index in [2.05, 4.69) is 23.2 Å². The third-order valence-electron chi connectivity index (χ3n) is 7.04. The number of nitrogens with one attached hydrogen (secondary N) is 1. The van der Waals surface area contributed by atoms with E-state index in [4.69, 9.17) is 9.84 Å². The lowest BCUT2D eigenvalue weighted by molar-refractivity contribution is -0.146. The van der Waals surface area contributed by atoms with Crippen molar-refractivity contribution in [2.24, 2.45) is 0 Å². The predicted octanol–water partition coefficient (Wildman–Crippen LogP) is 4.62. The van der Waals surface area contributed by atoms with Gasteiger partial charge < -0.3 is 14.9 Å². The first-order chi connectivity index (χ1) is 20.5. The molecule has 3 aromatic carbocycles. The third-order valence-corrected chi connectivity index (χ3v) is 7.04. The summed E-state index contributed by atoms with van der Waals surface area (Å²) in [7, 11) is 0. The summed E-state index contributed by atoms with van der Waals surface area (Å²) in [5.41, 5.74) is 6.68. The van der Waals surface area contributed by atoms with Crippen LogP contribution in [0.1, 0.15) is 57.1 Å². The average molecular weight is 583 g/mol. The molecule has 222 valence electrons. The van der Waals surface area contributed by atoms with Gasteiger partial charge in [-0.05, 0) is 55.0 Å². The number of nitrogens with zero attached hydrogens (tertiary/aromatic N) is 1. The Morgan fingerprint density at radius 3 is 2.19 bits per heavy atom. The average Bonchev–Trinajstić information content (AvgIpc) is 2.95. The van der Waals surface area contributed by atoms with Crippen molar-refractivity contribution in [1.29, 1.82) is 0 Å². The second kappa shape index (κ2) is 13.8. The molecule has 0 aliphatic rings. The summed E-state index contributed by atoms with van der Waals surface area (Å²) in [5.74, 6) is -3.25. The number of hydrogen-bond acceptors (Lipinski definition) is 6.